The van der Waals surface area contributed by atoms with Crippen molar-refractivity contribution in [1.29, 1.82) is 0 Å². The highest BCUT2D eigenvalue weighted by Gasteiger charge is 2.42. The molecule has 5 heteroatoms. The molecule has 1 unspecified atom stereocenters. The Morgan fingerprint density at radius 3 is 3.00 bits per heavy atom. The molecule has 2 fully saturated rings. The summed E-state index contributed by atoms with van der Waals surface area (Å²) in [6, 6.07) is 3.26. The molecular formula is C15H19NO3S. The van der Waals surface area contributed by atoms with E-state index in [1.807, 2.05) is 0 Å². The van der Waals surface area contributed by atoms with Crippen LogP contribution in [0.3, 0.4) is 0 Å². The SMILES string of the molecule is O=C(O)c1cccnc1SCC1CCC2(CCCC2)O1. The summed E-state index contributed by atoms with van der Waals surface area (Å²) in [6.45, 7) is 0. The normalized spacial score (nSPS) is 24.3. The monoisotopic (exact) mass is 293 g/mol. The lowest BCUT2D eigenvalue weighted by atomic mass is 9.98. The summed E-state index contributed by atoms with van der Waals surface area (Å²) in [4.78, 5) is 15.3. The molecule has 1 aromatic heterocycles. The van der Waals surface area contributed by atoms with Gasteiger partial charge >= 0.3 is 5.97 Å². The maximum atomic E-state index is 11.1. The lowest BCUT2D eigenvalue weighted by Gasteiger charge is -2.23. The summed E-state index contributed by atoms with van der Waals surface area (Å²) >= 11 is 1.50. The van der Waals surface area contributed by atoms with Crippen molar-refractivity contribution >= 4 is 17.7 Å². The minimum Gasteiger partial charge on any atom is -0.478 e. The van der Waals surface area contributed by atoms with Gasteiger partial charge in [-0.2, -0.15) is 0 Å². The molecule has 3 rings (SSSR count). The molecule has 1 atom stereocenters. The Morgan fingerprint density at radius 2 is 2.25 bits per heavy atom. The zero-order chi connectivity index (χ0) is 14.0. The second-order valence-electron chi connectivity index (χ2n) is 5.64. The summed E-state index contributed by atoms with van der Waals surface area (Å²) in [5.74, 6) is -0.126. The van der Waals surface area contributed by atoms with Gasteiger partial charge in [-0.3, -0.25) is 0 Å². The highest BCUT2D eigenvalue weighted by Crippen LogP contribution is 2.44. The molecule has 0 radical (unpaired) electrons. The molecule has 1 aliphatic heterocycles. The summed E-state index contributed by atoms with van der Waals surface area (Å²) < 4.78 is 6.24. The van der Waals surface area contributed by atoms with E-state index in [0.29, 0.717) is 5.03 Å². The van der Waals surface area contributed by atoms with Crippen molar-refractivity contribution in [1.82, 2.24) is 4.98 Å². The first kappa shape index (κ1) is 13.9. The Morgan fingerprint density at radius 1 is 1.45 bits per heavy atom. The third-order valence-electron chi connectivity index (χ3n) is 4.26. The van der Waals surface area contributed by atoms with E-state index in [0.717, 1.165) is 18.6 Å². The van der Waals surface area contributed by atoms with Crippen molar-refractivity contribution < 1.29 is 14.6 Å². The third kappa shape index (κ3) is 2.83. The van der Waals surface area contributed by atoms with Crippen LogP contribution in [-0.4, -0.2) is 33.5 Å². The Balaban J connectivity index is 1.59. The van der Waals surface area contributed by atoms with E-state index in [1.165, 1.54) is 37.4 Å². The average molecular weight is 293 g/mol. The van der Waals surface area contributed by atoms with Gasteiger partial charge in [0.05, 0.1) is 17.3 Å². The number of carboxylic acids is 1. The van der Waals surface area contributed by atoms with Crippen molar-refractivity contribution in [3.05, 3.63) is 23.9 Å². The number of aromatic nitrogens is 1. The smallest absolute Gasteiger partial charge is 0.338 e. The fraction of sp³-hybridized carbons (Fsp3) is 0.600. The number of hydrogen-bond donors (Lipinski definition) is 1. The van der Waals surface area contributed by atoms with E-state index in [9.17, 15) is 4.79 Å². The minimum absolute atomic E-state index is 0.144. The summed E-state index contributed by atoms with van der Waals surface area (Å²) in [5.41, 5.74) is 0.427. The van der Waals surface area contributed by atoms with Crippen LogP contribution in [0, 0.1) is 0 Å². The highest BCUT2D eigenvalue weighted by molar-refractivity contribution is 7.99. The number of carboxylic acid groups (broad SMARTS) is 1. The molecule has 2 aliphatic rings. The van der Waals surface area contributed by atoms with Gasteiger partial charge < -0.3 is 9.84 Å². The number of ether oxygens (including phenoxy) is 1. The van der Waals surface area contributed by atoms with Gasteiger partial charge in [-0.1, -0.05) is 12.8 Å². The number of nitrogens with zero attached hydrogens (tertiary/aromatic N) is 1. The number of aromatic carboxylic acids is 1. The summed E-state index contributed by atoms with van der Waals surface area (Å²) in [7, 11) is 0. The molecule has 4 nitrogen and oxygen atoms in total. The maximum absolute atomic E-state index is 11.1. The van der Waals surface area contributed by atoms with Crippen molar-refractivity contribution in [3.8, 4) is 0 Å². The van der Waals surface area contributed by atoms with Crippen LogP contribution in [0.5, 0.6) is 0 Å². The molecule has 1 saturated carbocycles. The van der Waals surface area contributed by atoms with Crippen LogP contribution in [0.4, 0.5) is 0 Å². The van der Waals surface area contributed by atoms with E-state index in [4.69, 9.17) is 9.84 Å². The number of carbonyl (C=O) groups is 1. The standard InChI is InChI=1S/C15H19NO3S/c17-14(18)12-4-3-9-16-13(12)20-10-11-5-8-15(19-11)6-1-2-7-15/h3-4,9,11H,1-2,5-8,10H2,(H,17,18). The molecule has 2 heterocycles. The van der Waals surface area contributed by atoms with Gasteiger partial charge in [0, 0.05) is 11.9 Å². The first-order valence-electron chi connectivity index (χ1n) is 7.17. The van der Waals surface area contributed by atoms with Gasteiger partial charge in [-0.15, -0.1) is 11.8 Å². The molecule has 0 aromatic carbocycles. The number of thioether (sulfide) groups is 1. The minimum atomic E-state index is -0.916. The molecule has 1 spiro atoms. The summed E-state index contributed by atoms with van der Waals surface area (Å²) in [6.07, 6.45) is 9.07. The Bertz CT molecular complexity index is 500. The molecule has 0 amide bonds. The van der Waals surface area contributed by atoms with Gasteiger partial charge in [0.25, 0.3) is 0 Å². The molecule has 1 N–H and O–H groups in total. The number of hydrogen-bond acceptors (Lipinski definition) is 4. The van der Waals surface area contributed by atoms with Gasteiger partial charge in [0.1, 0.15) is 5.03 Å². The lowest BCUT2D eigenvalue weighted by Crippen LogP contribution is -2.25. The quantitative estimate of drug-likeness (QED) is 0.863. The largest absolute Gasteiger partial charge is 0.478 e. The third-order valence-corrected chi connectivity index (χ3v) is 5.40. The van der Waals surface area contributed by atoms with Crippen molar-refractivity contribution in [3.63, 3.8) is 0 Å². The number of rotatable bonds is 4. The molecule has 0 bridgehead atoms. The molecule has 1 aliphatic carbocycles. The zero-order valence-corrected chi connectivity index (χ0v) is 12.2. The first-order chi connectivity index (χ1) is 9.69. The average Bonchev–Trinajstić information content (AvgIpc) is 3.07. The van der Waals surface area contributed by atoms with Gasteiger partial charge in [0.15, 0.2) is 0 Å². The van der Waals surface area contributed by atoms with Crippen LogP contribution in [0.2, 0.25) is 0 Å². The summed E-state index contributed by atoms with van der Waals surface area (Å²) in [5, 5.41) is 9.73. The number of pyridine rings is 1. The predicted octanol–water partition coefficient (Wildman–Crippen LogP) is 3.36. The van der Waals surface area contributed by atoms with Crippen molar-refractivity contribution in [2.24, 2.45) is 0 Å². The molecule has 108 valence electrons. The molecule has 20 heavy (non-hydrogen) atoms. The fourth-order valence-electron chi connectivity index (χ4n) is 3.24. The Kier molecular flexibility index (Phi) is 3.98. The van der Waals surface area contributed by atoms with E-state index in [-0.39, 0.29) is 17.3 Å². The first-order valence-corrected chi connectivity index (χ1v) is 8.16. The molecule has 1 aromatic rings. The van der Waals surface area contributed by atoms with Gasteiger partial charge in [-0.05, 0) is 37.8 Å². The van der Waals surface area contributed by atoms with Gasteiger partial charge in [0.2, 0.25) is 0 Å². The van der Waals surface area contributed by atoms with Crippen molar-refractivity contribution in [2.75, 3.05) is 5.75 Å². The lowest BCUT2D eigenvalue weighted by molar-refractivity contribution is -0.0267. The van der Waals surface area contributed by atoms with Crippen LogP contribution in [0.15, 0.2) is 23.4 Å². The van der Waals surface area contributed by atoms with E-state index >= 15 is 0 Å². The van der Waals surface area contributed by atoms with Crippen LogP contribution in [0.1, 0.15) is 48.9 Å². The van der Waals surface area contributed by atoms with E-state index < -0.39 is 5.97 Å². The molecular weight excluding hydrogens is 274 g/mol. The van der Waals surface area contributed by atoms with Gasteiger partial charge in [-0.25, -0.2) is 9.78 Å². The predicted molar refractivity (Wildman–Crippen MR) is 77.2 cm³/mol. The van der Waals surface area contributed by atoms with Crippen molar-refractivity contribution in [2.45, 2.75) is 55.3 Å². The zero-order valence-electron chi connectivity index (χ0n) is 11.4. The molecule has 1 saturated heterocycles. The maximum Gasteiger partial charge on any atom is 0.338 e. The van der Waals surface area contributed by atoms with Crippen LogP contribution < -0.4 is 0 Å². The van der Waals surface area contributed by atoms with Crippen LogP contribution >= 0.6 is 11.8 Å². The Hall–Kier alpha value is -1.07. The Labute approximate surface area is 122 Å². The topological polar surface area (TPSA) is 59.4 Å². The van der Waals surface area contributed by atoms with E-state index in [1.54, 1.807) is 18.3 Å². The fourth-order valence-corrected chi connectivity index (χ4v) is 4.27. The van der Waals surface area contributed by atoms with Crippen LogP contribution in [-0.2, 0) is 4.74 Å². The second-order valence-corrected chi connectivity index (χ2v) is 6.65. The second kappa shape index (κ2) is 5.74. The van der Waals surface area contributed by atoms with E-state index in [2.05, 4.69) is 4.98 Å². The van der Waals surface area contributed by atoms with Crippen LogP contribution in [0.25, 0.3) is 0 Å². The highest BCUT2D eigenvalue weighted by atomic mass is 32.2.